The van der Waals surface area contributed by atoms with Crippen LogP contribution in [0.3, 0.4) is 0 Å². The fourth-order valence-electron chi connectivity index (χ4n) is 2.83. The topological polar surface area (TPSA) is 66.8 Å². The molecule has 0 aromatic rings. The van der Waals surface area contributed by atoms with Gasteiger partial charge in [-0.1, -0.05) is 19.1 Å². The van der Waals surface area contributed by atoms with Gasteiger partial charge in [0.2, 0.25) is 0 Å². The smallest absolute Gasteiger partial charge is 0.309 e. The van der Waals surface area contributed by atoms with Gasteiger partial charge >= 0.3 is 5.97 Å². The molecule has 4 nitrogen and oxygen atoms in total. The number of hydrogen-bond donors (Lipinski definition) is 2. The Morgan fingerprint density at radius 3 is 2.74 bits per heavy atom. The highest BCUT2D eigenvalue weighted by Crippen LogP contribution is 2.35. The highest BCUT2D eigenvalue weighted by atomic mass is 16.6. The third kappa shape index (κ3) is 2.90. The van der Waals surface area contributed by atoms with Crippen molar-refractivity contribution in [3.05, 3.63) is 23.8 Å². The van der Waals surface area contributed by atoms with Crippen LogP contribution in [0.4, 0.5) is 0 Å². The summed E-state index contributed by atoms with van der Waals surface area (Å²) in [7, 11) is 0. The Balaban J connectivity index is 2.28. The lowest BCUT2D eigenvalue weighted by molar-refractivity contribution is -0.142. The van der Waals surface area contributed by atoms with Crippen LogP contribution < -0.4 is 0 Å². The van der Waals surface area contributed by atoms with Crippen molar-refractivity contribution in [2.45, 2.75) is 51.4 Å². The largest absolute Gasteiger partial charge is 0.458 e. The summed E-state index contributed by atoms with van der Waals surface area (Å²) in [5, 5.41) is 20.1. The molecule has 4 heteroatoms. The molecule has 106 valence electrons. The number of hydrogen-bond acceptors (Lipinski definition) is 4. The summed E-state index contributed by atoms with van der Waals surface area (Å²) in [6, 6.07) is 0. The van der Waals surface area contributed by atoms with E-state index in [9.17, 15) is 15.0 Å². The number of esters is 1. The van der Waals surface area contributed by atoms with Crippen LogP contribution in [-0.2, 0) is 9.53 Å². The molecule has 0 spiro atoms. The standard InChI is InChI=1S/C15H22O4/c1-8-4-5-12(16)10(3)13(17)7-11-9(2)15(18)19-14(11)6-8/h6,9,11-14,16-17H,3-5,7H2,1-2H3/b8-6+/t9-,11-,12+,13-,14+/m1/s1. The Bertz CT molecular complexity index is 412. The second-order valence-electron chi connectivity index (χ2n) is 5.75. The van der Waals surface area contributed by atoms with Crippen molar-refractivity contribution in [2.75, 3.05) is 0 Å². The Morgan fingerprint density at radius 1 is 1.37 bits per heavy atom. The van der Waals surface area contributed by atoms with Crippen LogP contribution in [0.2, 0.25) is 0 Å². The predicted molar refractivity (Wildman–Crippen MR) is 71.3 cm³/mol. The first-order valence-electron chi connectivity index (χ1n) is 6.82. The molecule has 1 saturated heterocycles. The van der Waals surface area contributed by atoms with Gasteiger partial charge in [-0.2, -0.15) is 0 Å². The fraction of sp³-hybridized carbons (Fsp3) is 0.667. The second-order valence-corrected chi connectivity index (χ2v) is 5.75. The van der Waals surface area contributed by atoms with E-state index < -0.39 is 12.2 Å². The number of ether oxygens (including phenoxy) is 1. The maximum atomic E-state index is 11.7. The van der Waals surface area contributed by atoms with Crippen LogP contribution in [-0.4, -0.2) is 34.5 Å². The number of carbonyl (C=O) groups is 1. The molecule has 1 fully saturated rings. The molecular formula is C15H22O4. The number of aliphatic hydroxyl groups excluding tert-OH is 2. The van der Waals surface area contributed by atoms with Crippen molar-refractivity contribution in [3.63, 3.8) is 0 Å². The Kier molecular flexibility index (Phi) is 4.11. The average Bonchev–Trinajstić information content (AvgIpc) is 2.62. The summed E-state index contributed by atoms with van der Waals surface area (Å²) in [6.07, 6.45) is 1.87. The zero-order valence-corrected chi connectivity index (χ0v) is 11.5. The summed E-state index contributed by atoms with van der Waals surface area (Å²) < 4.78 is 5.37. The van der Waals surface area contributed by atoms with E-state index in [2.05, 4.69) is 6.58 Å². The molecule has 0 bridgehead atoms. The van der Waals surface area contributed by atoms with E-state index in [1.54, 1.807) is 0 Å². The van der Waals surface area contributed by atoms with Gasteiger partial charge in [0.25, 0.3) is 0 Å². The molecule has 0 aromatic heterocycles. The molecule has 0 aromatic carbocycles. The van der Waals surface area contributed by atoms with Gasteiger partial charge in [0.05, 0.1) is 18.1 Å². The van der Waals surface area contributed by atoms with Crippen LogP contribution in [0, 0.1) is 11.8 Å². The molecule has 0 amide bonds. The van der Waals surface area contributed by atoms with Gasteiger partial charge in [-0.25, -0.2) is 0 Å². The van der Waals surface area contributed by atoms with Crippen LogP contribution in [0.25, 0.3) is 0 Å². The van der Waals surface area contributed by atoms with Gasteiger partial charge in [-0.15, -0.1) is 0 Å². The van der Waals surface area contributed by atoms with Gasteiger partial charge in [-0.3, -0.25) is 4.79 Å². The average molecular weight is 266 g/mol. The Hall–Kier alpha value is -1.13. The second kappa shape index (κ2) is 5.47. The zero-order valence-electron chi connectivity index (χ0n) is 11.5. The molecule has 1 heterocycles. The molecule has 1 aliphatic carbocycles. The quantitative estimate of drug-likeness (QED) is 0.516. The number of aliphatic hydroxyl groups is 2. The van der Waals surface area contributed by atoms with Crippen LogP contribution in [0.5, 0.6) is 0 Å². The first kappa shape index (κ1) is 14.3. The van der Waals surface area contributed by atoms with Gasteiger partial charge in [0.1, 0.15) is 6.10 Å². The summed E-state index contributed by atoms with van der Waals surface area (Å²) in [5.41, 5.74) is 1.54. The van der Waals surface area contributed by atoms with Crippen molar-refractivity contribution in [1.29, 1.82) is 0 Å². The molecule has 2 aliphatic rings. The van der Waals surface area contributed by atoms with E-state index in [0.717, 1.165) is 5.57 Å². The molecule has 5 atom stereocenters. The molecule has 1 aliphatic heterocycles. The molecular weight excluding hydrogens is 244 g/mol. The highest BCUT2D eigenvalue weighted by Gasteiger charge is 2.42. The summed E-state index contributed by atoms with van der Waals surface area (Å²) >= 11 is 0. The van der Waals surface area contributed by atoms with Crippen molar-refractivity contribution in [3.8, 4) is 0 Å². The van der Waals surface area contributed by atoms with Crippen LogP contribution in [0.15, 0.2) is 23.8 Å². The lowest BCUT2D eigenvalue weighted by atomic mass is 9.82. The molecule has 0 radical (unpaired) electrons. The van der Waals surface area contributed by atoms with Crippen LogP contribution in [0.1, 0.15) is 33.1 Å². The highest BCUT2D eigenvalue weighted by molar-refractivity contribution is 5.75. The maximum Gasteiger partial charge on any atom is 0.309 e. The number of rotatable bonds is 0. The molecule has 19 heavy (non-hydrogen) atoms. The van der Waals surface area contributed by atoms with Gasteiger partial charge in [0, 0.05) is 5.92 Å². The van der Waals surface area contributed by atoms with Crippen molar-refractivity contribution >= 4 is 5.97 Å². The first-order chi connectivity index (χ1) is 8.90. The maximum absolute atomic E-state index is 11.7. The number of carbonyl (C=O) groups excluding carboxylic acids is 1. The Labute approximate surface area is 113 Å². The van der Waals surface area contributed by atoms with Crippen molar-refractivity contribution in [1.82, 2.24) is 0 Å². The van der Waals surface area contributed by atoms with Gasteiger partial charge in [0.15, 0.2) is 0 Å². The first-order valence-corrected chi connectivity index (χ1v) is 6.82. The monoisotopic (exact) mass is 266 g/mol. The van der Waals surface area contributed by atoms with Gasteiger partial charge in [-0.05, 0) is 37.8 Å². The van der Waals surface area contributed by atoms with Crippen molar-refractivity contribution < 1.29 is 19.7 Å². The SMILES string of the molecule is C=C1[C@H](O)C[C@H]2[C@H](/C=C(\C)CC[C@@H]1O)OC(=O)[C@@H]2C. The van der Waals surface area contributed by atoms with E-state index in [-0.39, 0.29) is 23.9 Å². The summed E-state index contributed by atoms with van der Waals surface area (Å²) in [5.74, 6) is -0.496. The fourth-order valence-corrected chi connectivity index (χ4v) is 2.83. The normalized spacial score (nSPS) is 43.2. The van der Waals surface area contributed by atoms with Crippen LogP contribution >= 0.6 is 0 Å². The van der Waals surface area contributed by atoms with E-state index in [1.807, 2.05) is 19.9 Å². The molecule has 2 rings (SSSR count). The molecule has 2 N–H and O–H groups in total. The minimum atomic E-state index is -0.786. The van der Waals surface area contributed by atoms with E-state index in [4.69, 9.17) is 4.74 Å². The predicted octanol–water partition coefficient (Wildman–Crippen LogP) is 1.57. The summed E-state index contributed by atoms with van der Waals surface area (Å²) in [4.78, 5) is 11.7. The molecule has 0 unspecified atom stereocenters. The minimum absolute atomic E-state index is 0.0560. The number of allylic oxidation sites excluding steroid dienone is 1. The zero-order chi connectivity index (χ0) is 14.2. The van der Waals surface area contributed by atoms with E-state index in [1.165, 1.54) is 0 Å². The third-order valence-electron chi connectivity index (χ3n) is 4.30. The minimum Gasteiger partial charge on any atom is -0.458 e. The lowest BCUT2D eigenvalue weighted by Crippen LogP contribution is -2.29. The summed E-state index contributed by atoms with van der Waals surface area (Å²) in [6.45, 7) is 7.59. The van der Waals surface area contributed by atoms with E-state index >= 15 is 0 Å². The van der Waals surface area contributed by atoms with E-state index in [0.29, 0.717) is 24.8 Å². The number of fused-ring (bicyclic) bond motifs is 1. The van der Waals surface area contributed by atoms with Crippen molar-refractivity contribution in [2.24, 2.45) is 11.8 Å². The third-order valence-corrected chi connectivity index (χ3v) is 4.30. The lowest BCUT2D eigenvalue weighted by Gasteiger charge is -2.26. The Morgan fingerprint density at radius 2 is 2.05 bits per heavy atom. The van der Waals surface area contributed by atoms with Gasteiger partial charge < -0.3 is 14.9 Å². The molecule has 0 saturated carbocycles.